The second kappa shape index (κ2) is 11.1. The lowest BCUT2D eigenvalue weighted by Crippen LogP contribution is -2.35. The molecule has 0 fully saturated rings. The summed E-state index contributed by atoms with van der Waals surface area (Å²) < 4.78 is 57.0. The fourth-order valence-electron chi connectivity index (χ4n) is 7.73. The predicted molar refractivity (Wildman–Crippen MR) is 196 cm³/mol. The van der Waals surface area contributed by atoms with Gasteiger partial charge in [0.15, 0.2) is 0 Å². The van der Waals surface area contributed by atoms with Gasteiger partial charge in [0, 0.05) is 10.8 Å². The molecule has 50 heavy (non-hydrogen) atoms. The van der Waals surface area contributed by atoms with Crippen molar-refractivity contribution in [1.29, 1.82) is 0 Å². The molecule has 1 aromatic heterocycles. The fourth-order valence-corrected chi connectivity index (χ4v) is 10.3. The van der Waals surface area contributed by atoms with Crippen LogP contribution >= 0.6 is 0 Å². The quantitative estimate of drug-likeness (QED) is 0.175. The Labute approximate surface area is 290 Å². The summed E-state index contributed by atoms with van der Waals surface area (Å²) in [7, 11) is -7.51. The van der Waals surface area contributed by atoms with Crippen molar-refractivity contribution < 1.29 is 16.8 Å². The number of rotatable bonds is 6. The van der Waals surface area contributed by atoms with Gasteiger partial charge in [-0.25, -0.2) is 16.8 Å². The molecule has 0 saturated carbocycles. The minimum Gasteiger partial charge on any atom is -0.309 e. The minimum absolute atomic E-state index is 0.198. The summed E-state index contributed by atoms with van der Waals surface area (Å²) in [6.07, 6.45) is 0. The largest absolute Gasteiger partial charge is 0.309 e. The molecule has 242 valence electrons. The third-order valence-electron chi connectivity index (χ3n) is 9.95. The van der Waals surface area contributed by atoms with E-state index in [1.54, 1.807) is 84.9 Å². The maximum absolute atomic E-state index is 13.7. The van der Waals surface area contributed by atoms with Crippen LogP contribution in [0.2, 0.25) is 0 Å². The molecule has 0 saturated heterocycles. The molecule has 0 aliphatic carbocycles. The van der Waals surface area contributed by atoms with Gasteiger partial charge >= 0.3 is 0 Å². The first-order chi connectivity index (χ1) is 24.3. The lowest BCUT2D eigenvalue weighted by molar-refractivity contribution is 0.594. The molecule has 0 bridgehead atoms. The lowest BCUT2D eigenvalue weighted by Gasteiger charge is -2.41. The van der Waals surface area contributed by atoms with Crippen molar-refractivity contribution in [3.05, 3.63) is 198 Å². The van der Waals surface area contributed by atoms with Crippen LogP contribution in [0.1, 0.15) is 22.3 Å². The number of sulfone groups is 2. The second-order valence-corrected chi connectivity index (χ2v) is 16.4. The van der Waals surface area contributed by atoms with E-state index in [2.05, 4.69) is 47.0 Å². The van der Waals surface area contributed by atoms with E-state index in [0.29, 0.717) is 0 Å². The molecule has 0 N–H and O–H groups in total. The zero-order valence-corrected chi connectivity index (χ0v) is 28.3. The van der Waals surface area contributed by atoms with Gasteiger partial charge in [0.25, 0.3) is 0 Å². The topological polar surface area (TPSA) is 73.2 Å². The zero-order valence-electron chi connectivity index (χ0n) is 26.6. The van der Waals surface area contributed by atoms with Crippen LogP contribution in [0.4, 0.5) is 0 Å². The highest BCUT2D eigenvalue weighted by Crippen LogP contribution is 2.54. The van der Waals surface area contributed by atoms with Crippen molar-refractivity contribution >= 4 is 41.5 Å². The van der Waals surface area contributed by atoms with E-state index >= 15 is 0 Å². The molecule has 9 rings (SSSR count). The molecule has 2 heterocycles. The second-order valence-electron chi connectivity index (χ2n) is 12.5. The molecule has 5 nitrogen and oxygen atoms in total. The van der Waals surface area contributed by atoms with Gasteiger partial charge in [0.05, 0.1) is 41.7 Å². The molecule has 0 radical (unpaired) electrons. The summed E-state index contributed by atoms with van der Waals surface area (Å²) in [4.78, 5) is 0.858. The Morgan fingerprint density at radius 2 is 0.820 bits per heavy atom. The summed E-state index contributed by atoms with van der Waals surface area (Å²) in [5, 5.41) is 2.23. The number of hydrogen-bond acceptors (Lipinski definition) is 4. The van der Waals surface area contributed by atoms with Crippen LogP contribution in [-0.4, -0.2) is 21.4 Å². The van der Waals surface area contributed by atoms with Crippen molar-refractivity contribution in [2.75, 3.05) is 0 Å². The molecule has 0 atom stereocenters. The molecule has 8 aromatic rings. The van der Waals surface area contributed by atoms with Crippen molar-refractivity contribution in [3.63, 3.8) is 0 Å². The number of hydrogen-bond donors (Lipinski definition) is 0. The summed E-state index contributed by atoms with van der Waals surface area (Å²) in [6, 6.07) is 54.2. The van der Waals surface area contributed by atoms with Crippen LogP contribution in [0, 0.1) is 0 Å². The number of nitrogens with zero attached hydrogens (tertiary/aromatic N) is 1. The maximum Gasteiger partial charge on any atom is 0.206 e. The third-order valence-corrected chi connectivity index (χ3v) is 13.5. The van der Waals surface area contributed by atoms with Gasteiger partial charge in [-0.2, -0.15) is 0 Å². The molecule has 0 spiro atoms. The van der Waals surface area contributed by atoms with Gasteiger partial charge < -0.3 is 4.57 Å². The fraction of sp³-hybridized carbons (Fsp3) is 0.0233. The smallest absolute Gasteiger partial charge is 0.206 e. The summed E-state index contributed by atoms with van der Waals surface area (Å²) >= 11 is 0. The molecule has 1 aliphatic rings. The van der Waals surface area contributed by atoms with E-state index in [4.69, 9.17) is 0 Å². The maximum atomic E-state index is 13.7. The molecular formula is C43H29NO4S2. The van der Waals surface area contributed by atoms with Gasteiger partial charge in [0.1, 0.15) is 0 Å². The van der Waals surface area contributed by atoms with Crippen LogP contribution < -0.4 is 0 Å². The zero-order chi connectivity index (χ0) is 34.1. The molecule has 0 unspecified atom stereocenters. The Bertz CT molecular complexity index is 2700. The Balaban J connectivity index is 1.34. The van der Waals surface area contributed by atoms with E-state index < -0.39 is 25.1 Å². The number of benzene rings is 7. The van der Waals surface area contributed by atoms with Crippen LogP contribution in [0.3, 0.4) is 0 Å². The highest BCUT2D eigenvalue weighted by molar-refractivity contribution is 7.91. The highest BCUT2D eigenvalue weighted by Gasteiger charge is 2.45. The van der Waals surface area contributed by atoms with Crippen LogP contribution in [-0.2, 0) is 25.1 Å². The summed E-state index contributed by atoms with van der Waals surface area (Å²) in [5.41, 5.74) is 5.95. The number of fused-ring (bicyclic) bond motifs is 5. The minimum atomic E-state index is -3.76. The van der Waals surface area contributed by atoms with Gasteiger partial charge in [-0.05, 0) is 82.9 Å². The van der Waals surface area contributed by atoms with Crippen molar-refractivity contribution in [3.8, 4) is 5.69 Å². The highest BCUT2D eigenvalue weighted by atomic mass is 32.2. The van der Waals surface area contributed by atoms with E-state index in [9.17, 15) is 16.8 Å². The van der Waals surface area contributed by atoms with Crippen LogP contribution in [0.25, 0.3) is 27.5 Å². The van der Waals surface area contributed by atoms with Crippen molar-refractivity contribution in [1.82, 2.24) is 4.57 Å². The van der Waals surface area contributed by atoms with E-state index in [1.807, 2.05) is 48.5 Å². The first-order valence-electron chi connectivity index (χ1n) is 16.3. The molecular weight excluding hydrogens is 659 g/mol. The first-order valence-corrected chi connectivity index (χ1v) is 19.2. The Morgan fingerprint density at radius 3 is 1.40 bits per heavy atom. The van der Waals surface area contributed by atoms with E-state index in [1.165, 1.54) is 0 Å². The SMILES string of the molecule is O=S(=O)(c1ccccc1)c1ccc(C2(c3ccc(S(=O)(=O)c4ccccc4)cc3)c3ccccc3-n3c4ccccc4c4cccc2c43)cc1. The van der Waals surface area contributed by atoms with Gasteiger partial charge in [-0.3, -0.25) is 0 Å². The van der Waals surface area contributed by atoms with Crippen molar-refractivity contribution in [2.24, 2.45) is 0 Å². The third kappa shape index (κ3) is 4.24. The predicted octanol–water partition coefficient (Wildman–Crippen LogP) is 9.15. The van der Waals surface area contributed by atoms with Crippen LogP contribution in [0.15, 0.2) is 196 Å². The van der Waals surface area contributed by atoms with Gasteiger partial charge in [-0.15, -0.1) is 0 Å². The standard InChI is InChI=1S/C43H29NO4S2/c45-49(46,32-12-3-1-4-13-32)34-26-22-30(23-27-34)43(31-24-28-35(29-25-31)50(47,48)33-14-5-2-6-15-33)38-18-8-10-21-41(38)44-40-20-9-7-16-36(40)37-17-11-19-39(43)42(37)44/h1-29H. The Kier molecular flexibility index (Phi) is 6.75. The molecule has 7 aromatic carbocycles. The molecule has 7 heteroatoms. The van der Waals surface area contributed by atoms with E-state index in [0.717, 1.165) is 49.7 Å². The average molecular weight is 688 g/mol. The Hall–Kier alpha value is -5.76. The van der Waals surface area contributed by atoms with Gasteiger partial charge in [0.2, 0.25) is 19.7 Å². The number of para-hydroxylation sites is 3. The van der Waals surface area contributed by atoms with Gasteiger partial charge in [-0.1, -0.05) is 115 Å². The number of aromatic nitrogens is 1. The normalized spacial score (nSPS) is 13.7. The lowest BCUT2D eigenvalue weighted by atomic mass is 9.63. The first kappa shape index (κ1) is 30.3. The van der Waals surface area contributed by atoms with Crippen LogP contribution in [0.5, 0.6) is 0 Å². The monoisotopic (exact) mass is 687 g/mol. The average Bonchev–Trinajstić information content (AvgIpc) is 3.52. The summed E-state index contributed by atoms with van der Waals surface area (Å²) in [5.74, 6) is 0. The Morgan fingerprint density at radius 1 is 0.380 bits per heavy atom. The molecule has 0 amide bonds. The summed E-state index contributed by atoms with van der Waals surface area (Å²) in [6.45, 7) is 0. The van der Waals surface area contributed by atoms with Crippen molar-refractivity contribution in [2.45, 2.75) is 25.0 Å². The molecule has 1 aliphatic heterocycles. The van der Waals surface area contributed by atoms with E-state index in [-0.39, 0.29) is 19.6 Å².